The molecule has 0 amide bonds. The van der Waals surface area contributed by atoms with Gasteiger partial charge in [0.1, 0.15) is 12.7 Å². The van der Waals surface area contributed by atoms with E-state index in [0.29, 0.717) is 0 Å². The fraction of sp³-hybridized carbons (Fsp3) is 0.333. The molecule has 2 aromatic heterocycles. The van der Waals surface area contributed by atoms with Crippen molar-refractivity contribution < 1.29 is 5.11 Å². The van der Waals surface area contributed by atoms with E-state index in [1.807, 2.05) is 12.1 Å². The fourth-order valence-corrected chi connectivity index (χ4v) is 2.35. The molecule has 0 aromatic carbocycles. The van der Waals surface area contributed by atoms with E-state index in [4.69, 9.17) is 0 Å². The SMILES string of the molecule is OC1CC(c2ccncn2)C1c1ccncn1. The molecule has 17 heavy (non-hydrogen) atoms. The third-order valence-corrected chi connectivity index (χ3v) is 3.27. The number of hydrogen-bond donors (Lipinski definition) is 1. The summed E-state index contributed by atoms with van der Waals surface area (Å²) in [6.45, 7) is 0. The van der Waals surface area contributed by atoms with Crippen molar-refractivity contribution in [1.29, 1.82) is 0 Å². The summed E-state index contributed by atoms with van der Waals surface area (Å²) in [5.74, 6) is 0.246. The zero-order valence-corrected chi connectivity index (χ0v) is 9.14. The second kappa shape index (κ2) is 4.18. The first-order chi connectivity index (χ1) is 8.36. The Bertz CT molecular complexity index is 490. The number of hydrogen-bond acceptors (Lipinski definition) is 5. The summed E-state index contributed by atoms with van der Waals surface area (Å²) in [6, 6.07) is 3.74. The second-order valence-corrected chi connectivity index (χ2v) is 4.20. The van der Waals surface area contributed by atoms with E-state index in [-0.39, 0.29) is 17.9 Å². The highest BCUT2D eigenvalue weighted by Crippen LogP contribution is 2.47. The van der Waals surface area contributed by atoms with E-state index in [2.05, 4.69) is 19.9 Å². The fourth-order valence-electron chi connectivity index (χ4n) is 2.35. The lowest BCUT2D eigenvalue weighted by Crippen LogP contribution is -2.38. The van der Waals surface area contributed by atoms with E-state index in [1.165, 1.54) is 12.7 Å². The van der Waals surface area contributed by atoms with Crippen LogP contribution in [0.3, 0.4) is 0 Å². The molecule has 0 bridgehead atoms. The standard InChI is InChI=1S/C12H12N4O/c17-11-5-8(9-1-3-13-6-15-9)12(11)10-2-4-14-7-16-10/h1-4,6-8,11-12,17H,5H2. The van der Waals surface area contributed by atoms with Gasteiger partial charge < -0.3 is 5.11 Å². The van der Waals surface area contributed by atoms with Gasteiger partial charge in [-0.1, -0.05) is 0 Å². The molecular formula is C12H12N4O. The minimum atomic E-state index is -0.343. The van der Waals surface area contributed by atoms with Crippen LogP contribution in [0, 0.1) is 0 Å². The minimum absolute atomic E-state index is 0.0212. The van der Waals surface area contributed by atoms with Gasteiger partial charge in [-0.25, -0.2) is 19.9 Å². The maximum absolute atomic E-state index is 9.89. The Balaban J connectivity index is 1.89. The van der Waals surface area contributed by atoms with Crippen LogP contribution in [0.25, 0.3) is 0 Å². The smallest absolute Gasteiger partial charge is 0.115 e. The van der Waals surface area contributed by atoms with Crippen LogP contribution in [0.15, 0.2) is 37.2 Å². The Hall–Kier alpha value is -1.88. The van der Waals surface area contributed by atoms with Crippen LogP contribution in [0.5, 0.6) is 0 Å². The summed E-state index contributed by atoms with van der Waals surface area (Å²) < 4.78 is 0. The average molecular weight is 228 g/mol. The van der Waals surface area contributed by atoms with Gasteiger partial charge in [-0.15, -0.1) is 0 Å². The van der Waals surface area contributed by atoms with Crippen molar-refractivity contribution in [1.82, 2.24) is 19.9 Å². The molecule has 1 aliphatic carbocycles. The van der Waals surface area contributed by atoms with E-state index < -0.39 is 0 Å². The first-order valence-electron chi connectivity index (χ1n) is 5.56. The quantitative estimate of drug-likeness (QED) is 0.826. The molecular weight excluding hydrogens is 216 g/mol. The Morgan fingerprint density at radius 2 is 1.65 bits per heavy atom. The monoisotopic (exact) mass is 228 g/mol. The van der Waals surface area contributed by atoms with E-state index in [1.54, 1.807) is 12.4 Å². The number of rotatable bonds is 2. The van der Waals surface area contributed by atoms with Gasteiger partial charge in [0, 0.05) is 29.9 Å². The average Bonchev–Trinajstić information content (AvgIpc) is 2.38. The Labute approximate surface area is 98.6 Å². The molecule has 1 aliphatic rings. The lowest BCUT2D eigenvalue weighted by molar-refractivity contribution is 0.0410. The maximum atomic E-state index is 9.89. The van der Waals surface area contributed by atoms with E-state index >= 15 is 0 Å². The summed E-state index contributed by atoms with van der Waals surface area (Å²) in [5, 5.41) is 9.89. The van der Waals surface area contributed by atoms with Crippen LogP contribution in [0.4, 0.5) is 0 Å². The molecule has 1 saturated carbocycles. The highest BCUT2D eigenvalue weighted by Gasteiger charge is 2.43. The predicted octanol–water partition coefficient (Wildman–Crippen LogP) is 0.899. The van der Waals surface area contributed by atoms with E-state index in [0.717, 1.165) is 17.8 Å². The molecule has 3 rings (SSSR count). The van der Waals surface area contributed by atoms with Crippen LogP contribution in [0.2, 0.25) is 0 Å². The Morgan fingerprint density at radius 3 is 2.18 bits per heavy atom. The lowest BCUT2D eigenvalue weighted by atomic mass is 9.67. The molecule has 0 saturated heterocycles. The van der Waals surface area contributed by atoms with E-state index in [9.17, 15) is 5.11 Å². The minimum Gasteiger partial charge on any atom is -0.392 e. The molecule has 0 spiro atoms. The van der Waals surface area contributed by atoms with Crippen molar-refractivity contribution in [2.45, 2.75) is 24.4 Å². The topological polar surface area (TPSA) is 71.8 Å². The molecule has 0 aliphatic heterocycles. The number of aliphatic hydroxyl groups is 1. The van der Waals surface area contributed by atoms with Gasteiger partial charge in [-0.3, -0.25) is 0 Å². The van der Waals surface area contributed by atoms with Crippen molar-refractivity contribution in [2.24, 2.45) is 0 Å². The molecule has 5 nitrogen and oxygen atoms in total. The zero-order chi connectivity index (χ0) is 11.7. The lowest BCUT2D eigenvalue weighted by Gasteiger charge is -2.40. The summed E-state index contributed by atoms with van der Waals surface area (Å²) in [5.41, 5.74) is 1.84. The van der Waals surface area contributed by atoms with Crippen LogP contribution in [-0.4, -0.2) is 31.1 Å². The first-order valence-corrected chi connectivity index (χ1v) is 5.56. The molecule has 1 fully saturated rings. The van der Waals surface area contributed by atoms with Gasteiger partial charge >= 0.3 is 0 Å². The predicted molar refractivity (Wildman–Crippen MR) is 60.2 cm³/mol. The Kier molecular flexibility index (Phi) is 2.53. The molecule has 3 atom stereocenters. The summed E-state index contributed by atoms with van der Waals surface area (Å²) >= 11 is 0. The molecule has 2 aromatic rings. The largest absolute Gasteiger partial charge is 0.392 e. The van der Waals surface area contributed by atoms with Gasteiger partial charge in [-0.2, -0.15) is 0 Å². The van der Waals surface area contributed by atoms with Crippen LogP contribution in [0.1, 0.15) is 29.6 Å². The molecule has 1 N–H and O–H groups in total. The Morgan fingerprint density at radius 1 is 1.00 bits per heavy atom. The summed E-state index contributed by atoms with van der Waals surface area (Å²) in [7, 11) is 0. The zero-order valence-electron chi connectivity index (χ0n) is 9.14. The highest BCUT2D eigenvalue weighted by atomic mass is 16.3. The number of nitrogens with zero attached hydrogens (tertiary/aromatic N) is 4. The van der Waals surface area contributed by atoms with Gasteiger partial charge in [-0.05, 0) is 18.6 Å². The van der Waals surface area contributed by atoms with Crippen molar-refractivity contribution in [3.8, 4) is 0 Å². The molecule has 2 heterocycles. The highest BCUT2D eigenvalue weighted by molar-refractivity contribution is 5.25. The normalized spacial score (nSPS) is 27.5. The van der Waals surface area contributed by atoms with Gasteiger partial charge in [0.25, 0.3) is 0 Å². The molecule has 3 unspecified atom stereocenters. The number of aliphatic hydroxyl groups excluding tert-OH is 1. The van der Waals surface area contributed by atoms with Crippen molar-refractivity contribution in [3.05, 3.63) is 48.6 Å². The van der Waals surface area contributed by atoms with Crippen LogP contribution >= 0.6 is 0 Å². The van der Waals surface area contributed by atoms with Gasteiger partial charge in [0.05, 0.1) is 11.8 Å². The van der Waals surface area contributed by atoms with Crippen molar-refractivity contribution in [2.75, 3.05) is 0 Å². The van der Waals surface area contributed by atoms with Crippen molar-refractivity contribution in [3.63, 3.8) is 0 Å². The van der Waals surface area contributed by atoms with Crippen molar-refractivity contribution >= 4 is 0 Å². The molecule has 86 valence electrons. The molecule has 5 heteroatoms. The van der Waals surface area contributed by atoms with Crippen LogP contribution < -0.4 is 0 Å². The number of aromatic nitrogens is 4. The summed E-state index contributed by atoms with van der Waals surface area (Å²) in [6.07, 6.45) is 6.86. The van der Waals surface area contributed by atoms with Gasteiger partial charge in [0.15, 0.2) is 0 Å². The molecule has 0 radical (unpaired) electrons. The third kappa shape index (κ3) is 1.78. The van der Waals surface area contributed by atoms with Gasteiger partial charge in [0.2, 0.25) is 0 Å². The second-order valence-electron chi connectivity index (χ2n) is 4.20. The first kappa shape index (κ1) is 10.3. The third-order valence-electron chi connectivity index (χ3n) is 3.27. The summed E-state index contributed by atoms with van der Waals surface area (Å²) in [4.78, 5) is 16.3. The maximum Gasteiger partial charge on any atom is 0.115 e. The van der Waals surface area contributed by atoms with Crippen LogP contribution in [-0.2, 0) is 0 Å².